The maximum Gasteiger partial charge on any atom is 0.339 e. The second-order valence-corrected chi connectivity index (χ2v) is 8.56. The Bertz CT molecular complexity index is 1200. The molecule has 3 aromatic rings. The van der Waals surface area contributed by atoms with Crippen LogP contribution >= 0.6 is 0 Å². The highest BCUT2D eigenvalue weighted by Crippen LogP contribution is 2.37. The Morgan fingerprint density at radius 1 is 1.07 bits per heavy atom. The van der Waals surface area contributed by atoms with Gasteiger partial charge in [-0.25, -0.2) is 9.18 Å². The molecule has 1 unspecified atom stereocenters. The molecular weight excluding hydrogens is 385 g/mol. The molecule has 30 heavy (non-hydrogen) atoms. The summed E-state index contributed by atoms with van der Waals surface area (Å²) in [6.45, 7) is 9.16. The van der Waals surface area contributed by atoms with Gasteiger partial charge in [0.15, 0.2) is 6.10 Å². The summed E-state index contributed by atoms with van der Waals surface area (Å²) in [5, 5.41) is 10.7. The quantitative estimate of drug-likeness (QED) is 0.663. The van der Waals surface area contributed by atoms with Gasteiger partial charge < -0.3 is 14.4 Å². The number of carboxylic acids is 1. The van der Waals surface area contributed by atoms with Crippen molar-refractivity contribution in [3.8, 4) is 11.1 Å². The lowest BCUT2D eigenvalue weighted by Crippen LogP contribution is -2.33. The molecule has 1 atom stereocenters. The molecule has 0 amide bonds. The number of aromatic nitrogens is 1. The normalized spacial score (nSPS) is 12.9. The molecule has 0 fully saturated rings. The number of pyridine rings is 1. The van der Waals surface area contributed by atoms with Gasteiger partial charge in [-0.2, -0.15) is 0 Å². The van der Waals surface area contributed by atoms with Crippen LogP contribution in [0.5, 0.6) is 0 Å². The topological polar surface area (TPSA) is 68.5 Å². The number of halogens is 1. The van der Waals surface area contributed by atoms with Crippen LogP contribution in [0.3, 0.4) is 0 Å². The molecule has 158 valence electrons. The highest BCUT2D eigenvalue weighted by molar-refractivity contribution is 5.99. The van der Waals surface area contributed by atoms with Gasteiger partial charge in [0.05, 0.1) is 11.3 Å². The molecule has 0 aliphatic carbocycles. The SMILES string of the molecule is Cc1ccc(-c2c(C(OC(C)(C)C)C(=O)O)n(C)c(=O)c3ccc(F)cc23)cc1C. The van der Waals surface area contributed by atoms with Crippen molar-refractivity contribution in [1.29, 1.82) is 0 Å². The molecule has 0 aliphatic heterocycles. The van der Waals surface area contributed by atoms with Crippen molar-refractivity contribution in [1.82, 2.24) is 4.57 Å². The van der Waals surface area contributed by atoms with Crippen molar-refractivity contribution < 1.29 is 19.0 Å². The van der Waals surface area contributed by atoms with Gasteiger partial charge in [-0.1, -0.05) is 18.2 Å². The molecule has 1 aromatic heterocycles. The molecular formula is C24H26FNO4. The Labute approximate surface area is 174 Å². The van der Waals surface area contributed by atoms with Gasteiger partial charge in [0.2, 0.25) is 0 Å². The molecule has 0 spiro atoms. The average molecular weight is 411 g/mol. The van der Waals surface area contributed by atoms with Crippen molar-refractivity contribution >= 4 is 16.7 Å². The third-order valence-electron chi connectivity index (χ3n) is 5.14. The molecule has 0 aliphatic rings. The Morgan fingerprint density at radius 3 is 2.30 bits per heavy atom. The standard InChI is InChI=1S/C24H26FNO4/c1-13-7-8-15(11-14(13)2)19-18-12-16(25)9-10-17(18)22(27)26(6)20(19)21(23(28)29)30-24(3,4)5/h7-12,21H,1-6H3,(H,28,29). The number of carbonyl (C=O) groups is 1. The number of hydrogen-bond acceptors (Lipinski definition) is 3. The predicted octanol–water partition coefficient (Wildman–Crippen LogP) is 4.90. The molecule has 3 rings (SSSR count). The van der Waals surface area contributed by atoms with Crippen molar-refractivity contribution in [2.75, 3.05) is 0 Å². The highest BCUT2D eigenvalue weighted by Gasteiger charge is 2.33. The third-order valence-corrected chi connectivity index (χ3v) is 5.14. The van der Waals surface area contributed by atoms with E-state index in [4.69, 9.17) is 4.74 Å². The number of fused-ring (bicyclic) bond motifs is 1. The minimum Gasteiger partial charge on any atom is -0.479 e. The van der Waals surface area contributed by atoms with E-state index in [1.165, 1.54) is 29.8 Å². The summed E-state index contributed by atoms with van der Waals surface area (Å²) >= 11 is 0. The molecule has 0 bridgehead atoms. The molecule has 1 heterocycles. The Balaban J connectivity index is 2.52. The zero-order valence-electron chi connectivity index (χ0n) is 18.0. The van der Waals surface area contributed by atoms with Gasteiger partial charge >= 0.3 is 5.97 Å². The van der Waals surface area contributed by atoms with Gasteiger partial charge in [0.1, 0.15) is 5.82 Å². The minimum absolute atomic E-state index is 0.184. The predicted molar refractivity (Wildman–Crippen MR) is 115 cm³/mol. The number of hydrogen-bond donors (Lipinski definition) is 1. The van der Waals surface area contributed by atoms with E-state index in [-0.39, 0.29) is 5.69 Å². The van der Waals surface area contributed by atoms with Crippen molar-refractivity contribution in [2.45, 2.75) is 46.3 Å². The number of aliphatic carboxylic acids is 1. The van der Waals surface area contributed by atoms with E-state index in [1.807, 2.05) is 32.0 Å². The van der Waals surface area contributed by atoms with E-state index in [0.717, 1.165) is 11.1 Å². The zero-order chi connectivity index (χ0) is 22.4. The lowest BCUT2D eigenvalue weighted by molar-refractivity contribution is -0.161. The molecule has 0 saturated heterocycles. The molecule has 0 radical (unpaired) electrons. The van der Waals surface area contributed by atoms with Crippen LogP contribution in [0.4, 0.5) is 4.39 Å². The van der Waals surface area contributed by atoms with E-state index in [1.54, 1.807) is 20.8 Å². The van der Waals surface area contributed by atoms with Crippen LogP contribution in [-0.4, -0.2) is 21.2 Å². The summed E-state index contributed by atoms with van der Waals surface area (Å²) < 4.78 is 21.4. The van der Waals surface area contributed by atoms with Crippen LogP contribution in [0.15, 0.2) is 41.2 Å². The van der Waals surface area contributed by atoms with Crippen LogP contribution in [-0.2, 0) is 16.6 Å². The fraction of sp³-hybridized carbons (Fsp3) is 0.333. The van der Waals surface area contributed by atoms with E-state index in [9.17, 15) is 19.1 Å². The summed E-state index contributed by atoms with van der Waals surface area (Å²) in [6.07, 6.45) is -1.41. The number of ether oxygens (including phenoxy) is 1. The molecule has 5 nitrogen and oxygen atoms in total. The fourth-order valence-electron chi connectivity index (χ4n) is 3.59. The second kappa shape index (κ2) is 7.69. The molecule has 2 aromatic carbocycles. The van der Waals surface area contributed by atoms with E-state index >= 15 is 0 Å². The first-order valence-corrected chi connectivity index (χ1v) is 9.71. The van der Waals surface area contributed by atoms with E-state index < -0.39 is 29.1 Å². The zero-order valence-corrected chi connectivity index (χ0v) is 18.0. The minimum atomic E-state index is -1.41. The maximum atomic E-state index is 14.2. The van der Waals surface area contributed by atoms with E-state index in [2.05, 4.69) is 0 Å². The summed E-state index contributed by atoms with van der Waals surface area (Å²) in [4.78, 5) is 25.3. The average Bonchev–Trinajstić information content (AvgIpc) is 2.64. The first kappa shape index (κ1) is 21.7. The van der Waals surface area contributed by atoms with Crippen LogP contribution in [0.1, 0.15) is 43.7 Å². The summed E-state index contributed by atoms with van der Waals surface area (Å²) in [7, 11) is 1.52. The number of nitrogens with zero attached hydrogens (tertiary/aromatic N) is 1. The monoisotopic (exact) mass is 411 g/mol. The summed E-state index contributed by atoms with van der Waals surface area (Å²) in [5.74, 6) is -1.73. The Kier molecular flexibility index (Phi) is 5.56. The van der Waals surface area contributed by atoms with Crippen LogP contribution < -0.4 is 5.56 Å². The van der Waals surface area contributed by atoms with Gasteiger partial charge in [0.25, 0.3) is 5.56 Å². The van der Waals surface area contributed by atoms with Gasteiger partial charge in [-0.15, -0.1) is 0 Å². The van der Waals surface area contributed by atoms with Crippen molar-refractivity contribution in [2.24, 2.45) is 7.05 Å². The lowest BCUT2D eigenvalue weighted by Gasteiger charge is -2.28. The number of rotatable bonds is 4. The Morgan fingerprint density at radius 2 is 1.73 bits per heavy atom. The molecule has 1 N–H and O–H groups in total. The summed E-state index contributed by atoms with van der Waals surface area (Å²) in [6, 6.07) is 9.63. The maximum absolute atomic E-state index is 14.2. The number of carboxylic acid groups (broad SMARTS) is 1. The number of benzene rings is 2. The van der Waals surface area contributed by atoms with Crippen molar-refractivity contribution in [3.63, 3.8) is 0 Å². The highest BCUT2D eigenvalue weighted by atomic mass is 19.1. The first-order chi connectivity index (χ1) is 13.9. The Hall–Kier alpha value is -2.99. The summed E-state index contributed by atoms with van der Waals surface area (Å²) in [5.41, 5.74) is 2.24. The van der Waals surface area contributed by atoms with Crippen LogP contribution in [0.25, 0.3) is 21.9 Å². The molecule has 6 heteroatoms. The fourth-order valence-corrected chi connectivity index (χ4v) is 3.59. The smallest absolute Gasteiger partial charge is 0.339 e. The largest absolute Gasteiger partial charge is 0.479 e. The number of aryl methyl sites for hydroxylation is 2. The van der Waals surface area contributed by atoms with Crippen LogP contribution in [0.2, 0.25) is 0 Å². The van der Waals surface area contributed by atoms with Gasteiger partial charge in [-0.05, 0) is 74.9 Å². The lowest BCUT2D eigenvalue weighted by atomic mass is 9.92. The van der Waals surface area contributed by atoms with Gasteiger partial charge in [-0.3, -0.25) is 4.79 Å². The van der Waals surface area contributed by atoms with E-state index in [0.29, 0.717) is 21.9 Å². The molecule has 0 saturated carbocycles. The van der Waals surface area contributed by atoms with Crippen LogP contribution in [0, 0.1) is 19.7 Å². The third kappa shape index (κ3) is 4.00. The first-order valence-electron chi connectivity index (χ1n) is 9.71. The second-order valence-electron chi connectivity index (χ2n) is 8.56. The van der Waals surface area contributed by atoms with Crippen molar-refractivity contribution in [3.05, 3.63) is 69.4 Å². The van der Waals surface area contributed by atoms with Gasteiger partial charge in [0, 0.05) is 18.0 Å².